The number of anilines is 1. The summed E-state index contributed by atoms with van der Waals surface area (Å²) in [6.45, 7) is 5.41. The van der Waals surface area contributed by atoms with Gasteiger partial charge in [0.25, 0.3) is 5.91 Å². The zero-order valence-corrected chi connectivity index (χ0v) is 14.3. The topological polar surface area (TPSA) is 76.9 Å². The van der Waals surface area contributed by atoms with E-state index < -0.39 is 0 Å². The van der Waals surface area contributed by atoms with E-state index in [0.717, 1.165) is 24.3 Å². The summed E-state index contributed by atoms with van der Waals surface area (Å²) >= 11 is 0. The van der Waals surface area contributed by atoms with Gasteiger partial charge in [0.05, 0.1) is 25.4 Å². The Hall–Kier alpha value is -2.21. The monoisotopic (exact) mass is 333 g/mol. The molecule has 0 saturated carbocycles. The van der Waals surface area contributed by atoms with Crippen molar-refractivity contribution in [3.05, 3.63) is 29.8 Å². The van der Waals surface area contributed by atoms with E-state index in [9.17, 15) is 14.4 Å². The number of quaternary nitrogens is 1. The first kappa shape index (κ1) is 18.1. The van der Waals surface area contributed by atoms with Crippen molar-refractivity contribution in [2.75, 3.05) is 31.6 Å². The van der Waals surface area contributed by atoms with Gasteiger partial charge in [0.1, 0.15) is 5.92 Å². The lowest BCUT2D eigenvalue weighted by atomic mass is 9.98. The van der Waals surface area contributed by atoms with Crippen molar-refractivity contribution in [3.8, 4) is 0 Å². The Labute approximate surface area is 142 Å². The van der Waals surface area contributed by atoms with Crippen LogP contribution < -0.4 is 10.2 Å². The van der Waals surface area contributed by atoms with E-state index in [-0.39, 0.29) is 30.1 Å². The van der Waals surface area contributed by atoms with Crippen LogP contribution in [0, 0.1) is 5.92 Å². The molecule has 1 fully saturated rings. The second-order valence-corrected chi connectivity index (χ2v) is 6.12. The van der Waals surface area contributed by atoms with Gasteiger partial charge in [-0.2, -0.15) is 0 Å². The number of ether oxygens (including phenoxy) is 1. The summed E-state index contributed by atoms with van der Waals surface area (Å²) in [7, 11) is 0. The first-order valence-corrected chi connectivity index (χ1v) is 8.41. The summed E-state index contributed by atoms with van der Waals surface area (Å²) in [5.41, 5.74) is 1.04. The van der Waals surface area contributed by atoms with Gasteiger partial charge >= 0.3 is 5.97 Å². The molecule has 6 nitrogen and oxygen atoms in total. The summed E-state index contributed by atoms with van der Waals surface area (Å²) in [6, 6.07) is 6.98. The molecule has 0 radical (unpaired) electrons. The summed E-state index contributed by atoms with van der Waals surface area (Å²) in [6.07, 6.45) is 1.72. The van der Waals surface area contributed by atoms with Crippen molar-refractivity contribution < 1.29 is 24.0 Å². The minimum Gasteiger partial charge on any atom is -0.466 e. The molecule has 24 heavy (non-hydrogen) atoms. The zero-order valence-electron chi connectivity index (χ0n) is 14.3. The molecule has 1 saturated heterocycles. The van der Waals surface area contributed by atoms with Crippen molar-refractivity contribution in [1.82, 2.24) is 0 Å². The first-order chi connectivity index (χ1) is 11.5. The Bertz CT molecular complexity index is 615. The second kappa shape index (κ2) is 8.59. The molecule has 1 unspecified atom stereocenters. The number of hydrogen-bond donors (Lipinski definition) is 2. The molecule has 1 aliphatic heterocycles. The number of benzene rings is 1. The van der Waals surface area contributed by atoms with E-state index in [1.165, 1.54) is 6.92 Å². The standard InChI is InChI=1S/C18H24N2O4/c1-3-24-18(23)14-7-6-10-20(11-14)12-17(22)19-16-9-5-4-8-15(16)13(2)21/h4-5,8-9,14H,3,6-7,10-12H2,1-2H3,(H,19,22)/p+1/t14-/m1/s1. The molecular weight excluding hydrogens is 308 g/mol. The molecule has 1 heterocycles. The number of piperidine rings is 1. The van der Waals surface area contributed by atoms with Crippen LogP contribution in [-0.2, 0) is 14.3 Å². The highest BCUT2D eigenvalue weighted by atomic mass is 16.5. The normalized spacial score (nSPS) is 20.2. The van der Waals surface area contributed by atoms with Gasteiger partial charge in [0.2, 0.25) is 0 Å². The number of likely N-dealkylation sites (tertiary alicyclic amines) is 1. The fourth-order valence-corrected chi connectivity index (χ4v) is 3.09. The lowest BCUT2D eigenvalue weighted by molar-refractivity contribution is -0.899. The van der Waals surface area contributed by atoms with Gasteiger partial charge < -0.3 is 15.0 Å². The van der Waals surface area contributed by atoms with Gasteiger partial charge in [-0.05, 0) is 38.8 Å². The fourth-order valence-electron chi connectivity index (χ4n) is 3.09. The maximum absolute atomic E-state index is 12.3. The third-order valence-corrected chi connectivity index (χ3v) is 4.23. The summed E-state index contributed by atoms with van der Waals surface area (Å²) < 4.78 is 5.08. The molecule has 2 N–H and O–H groups in total. The average Bonchev–Trinajstić information content (AvgIpc) is 2.55. The highest BCUT2D eigenvalue weighted by Gasteiger charge is 2.30. The molecule has 0 bridgehead atoms. The van der Waals surface area contributed by atoms with Crippen LogP contribution >= 0.6 is 0 Å². The van der Waals surface area contributed by atoms with E-state index in [4.69, 9.17) is 4.74 Å². The van der Waals surface area contributed by atoms with Crippen LogP contribution in [0.5, 0.6) is 0 Å². The molecule has 130 valence electrons. The number of amides is 1. The van der Waals surface area contributed by atoms with E-state index in [1.54, 1.807) is 31.2 Å². The molecular formula is C18H25N2O4+. The highest BCUT2D eigenvalue weighted by Crippen LogP contribution is 2.15. The number of Topliss-reactive ketones (excluding diaryl/α,β-unsaturated/α-hetero) is 1. The molecule has 2 rings (SSSR count). The molecule has 0 aliphatic carbocycles. The van der Waals surface area contributed by atoms with Gasteiger partial charge in [0.15, 0.2) is 12.3 Å². The fraction of sp³-hybridized carbons (Fsp3) is 0.500. The van der Waals surface area contributed by atoms with Gasteiger partial charge in [-0.3, -0.25) is 14.4 Å². The maximum atomic E-state index is 12.3. The number of carbonyl (C=O) groups excluding carboxylic acids is 3. The van der Waals surface area contributed by atoms with E-state index in [2.05, 4.69) is 5.32 Å². The summed E-state index contributed by atoms with van der Waals surface area (Å²) in [5, 5.41) is 2.81. The van der Waals surface area contributed by atoms with Gasteiger partial charge in [-0.25, -0.2) is 0 Å². The van der Waals surface area contributed by atoms with Crippen LogP contribution in [0.3, 0.4) is 0 Å². The number of nitrogens with one attached hydrogen (secondary N) is 2. The lowest BCUT2D eigenvalue weighted by Gasteiger charge is -2.28. The predicted molar refractivity (Wildman–Crippen MR) is 90.0 cm³/mol. The second-order valence-electron chi connectivity index (χ2n) is 6.12. The third-order valence-electron chi connectivity index (χ3n) is 4.23. The maximum Gasteiger partial charge on any atom is 0.314 e. The van der Waals surface area contributed by atoms with Crippen LogP contribution in [0.1, 0.15) is 37.0 Å². The summed E-state index contributed by atoms with van der Waals surface area (Å²) in [4.78, 5) is 36.8. The molecule has 1 aromatic rings. The first-order valence-electron chi connectivity index (χ1n) is 8.41. The molecule has 0 aromatic heterocycles. The number of ketones is 1. The van der Waals surface area contributed by atoms with Gasteiger partial charge in [0, 0.05) is 5.56 Å². The van der Waals surface area contributed by atoms with Gasteiger partial charge in [-0.1, -0.05) is 12.1 Å². The Morgan fingerprint density at radius 2 is 2.04 bits per heavy atom. The molecule has 2 atom stereocenters. The number of carbonyl (C=O) groups is 3. The van der Waals surface area contributed by atoms with Crippen LogP contribution in [0.2, 0.25) is 0 Å². The Kier molecular flexibility index (Phi) is 6.49. The third kappa shape index (κ3) is 4.89. The number of esters is 1. The zero-order chi connectivity index (χ0) is 17.5. The van der Waals surface area contributed by atoms with E-state index >= 15 is 0 Å². The predicted octanol–water partition coefficient (Wildman–Crippen LogP) is 0.686. The van der Waals surface area contributed by atoms with Crippen LogP contribution in [0.4, 0.5) is 5.69 Å². The van der Waals surface area contributed by atoms with E-state index in [0.29, 0.717) is 24.4 Å². The van der Waals surface area contributed by atoms with Gasteiger partial charge in [-0.15, -0.1) is 0 Å². The van der Waals surface area contributed by atoms with Crippen molar-refractivity contribution in [2.45, 2.75) is 26.7 Å². The van der Waals surface area contributed by atoms with Crippen molar-refractivity contribution in [1.29, 1.82) is 0 Å². The minimum atomic E-state index is -0.169. The highest BCUT2D eigenvalue weighted by molar-refractivity contribution is 6.03. The van der Waals surface area contributed by atoms with E-state index in [1.807, 2.05) is 0 Å². The molecule has 6 heteroatoms. The number of rotatable bonds is 6. The minimum absolute atomic E-state index is 0.0846. The molecule has 1 aliphatic rings. The largest absolute Gasteiger partial charge is 0.466 e. The quantitative estimate of drug-likeness (QED) is 0.593. The Morgan fingerprint density at radius 1 is 1.29 bits per heavy atom. The van der Waals surface area contributed by atoms with Crippen molar-refractivity contribution in [2.24, 2.45) is 5.92 Å². The average molecular weight is 333 g/mol. The van der Waals surface area contributed by atoms with Crippen molar-refractivity contribution >= 4 is 23.3 Å². The summed E-state index contributed by atoms with van der Waals surface area (Å²) in [5.74, 6) is -0.537. The van der Waals surface area contributed by atoms with Crippen LogP contribution in [0.15, 0.2) is 24.3 Å². The molecule has 0 spiro atoms. The number of para-hydroxylation sites is 1. The van der Waals surface area contributed by atoms with Crippen LogP contribution in [0.25, 0.3) is 0 Å². The SMILES string of the molecule is CCOC(=O)[C@@H]1CCC[NH+](CC(=O)Nc2ccccc2C(C)=O)C1. The smallest absolute Gasteiger partial charge is 0.314 e. The molecule has 1 amide bonds. The molecule has 1 aromatic carbocycles. The number of hydrogen-bond acceptors (Lipinski definition) is 4. The van der Waals surface area contributed by atoms with Crippen molar-refractivity contribution in [3.63, 3.8) is 0 Å². The van der Waals surface area contributed by atoms with Crippen LogP contribution in [-0.4, -0.2) is 43.9 Å². The lowest BCUT2D eigenvalue weighted by Crippen LogP contribution is -3.14. The Morgan fingerprint density at radius 3 is 2.75 bits per heavy atom. The Balaban J connectivity index is 1.93.